The van der Waals surface area contributed by atoms with E-state index in [4.69, 9.17) is 19.2 Å². The van der Waals surface area contributed by atoms with Gasteiger partial charge in [-0.25, -0.2) is 9.97 Å². The Morgan fingerprint density at radius 1 is 1.04 bits per heavy atom. The molecule has 4 aromatic rings. The highest BCUT2D eigenvalue weighted by Gasteiger charge is 2.31. The molecule has 3 aromatic carbocycles. The number of hydrogen-bond acceptors (Lipinski definition) is 11. The van der Waals surface area contributed by atoms with E-state index in [1.54, 1.807) is 57.5 Å². The zero-order valence-electron chi connectivity index (χ0n) is 32.8. The quantitative estimate of drug-likeness (QED) is 0.100. The van der Waals surface area contributed by atoms with Gasteiger partial charge in [-0.15, -0.1) is 0 Å². The lowest BCUT2D eigenvalue weighted by molar-refractivity contribution is -0.135. The van der Waals surface area contributed by atoms with Crippen LogP contribution in [0.1, 0.15) is 72.6 Å². The fourth-order valence-corrected chi connectivity index (χ4v) is 7.44. The molecule has 57 heavy (non-hydrogen) atoms. The molecule has 2 fully saturated rings. The molecule has 15 heteroatoms. The van der Waals surface area contributed by atoms with Gasteiger partial charge in [0.15, 0.2) is 18.1 Å². The monoisotopic (exact) mass is 788 g/mol. The van der Waals surface area contributed by atoms with Crippen LogP contribution in [0.15, 0.2) is 54.6 Å². The van der Waals surface area contributed by atoms with Crippen molar-refractivity contribution in [2.75, 3.05) is 65.5 Å². The summed E-state index contributed by atoms with van der Waals surface area (Å²) in [6.45, 7) is 5.86. The molecular formula is C42H50F2N6O7. The van der Waals surface area contributed by atoms with Gasteiger partial charge in [0.25, 0.3) is 11.8 Å². The minimum absolute atomic E-state index is 0.0794. The molecule has 0 spiro atoms. The number of benzene rings is 3. The molecule has 2 aliphatic heterocycles. The lowest BCUT2D eigenvalue weighted by atomic mass is 9.90. The second-order valence-corrected chi connectivity index (χ2v) is 14.5. The highest BCUT2D eigenvalue weighted by molar-refractivity contribution is 6.01. The number of ether oxygens (including phenoxy) is 3. The fourth-order valence-electron chi connectivity index (χ4n) is 7.44. The number of aromatic nitrogens is 2. The number of piperazine rings is 1. The van der Waals surface area contributed by atoms with Gasteiger partial charge < -0.3 is 29.5 Å². The first-order valence-corrected chi connectivity index (χ1v) is 19.2. The van der Waals surface area contributed by atoms with Gasteiger partial charge in [-0.3, -0.25) is 24.6 Å². The predicted octanol–water partition coefficient (Wildman–Crippen LogP) is 5.28. The molecule has 0 aliphatic carbocycles. The first-order chi connectivity index (χ1) is 27.4. The summed E-state index contributed by atoms with van der Waals surface area (Å²) in [5, 5.41) is 15.7. The normalized spacial score (nSPS) is 17.0. The number of alkyl halides is 2. The fraction of sp³-hybridized carbons (Fsp3) is 0.452. The number of piperidine rings is 1. The Labute approximate surface area is 330 Å². The standard InChI is InChI=1S/C42H50F2N6O7/c1-26(29-8-7-9-30(22-29)42(43,44)25-51)45-40-34-23-35(55-3)39(56-4)33(38(34)46-27(2)47-40)10-5-6-17-49-18-20-50(21-19-49)37(53)24-57-31-13-11-28(12-14-31)32-15-16-36(52)48-41(32)54/h7-9,11-14,22-23,26,32,51H,5-6,10,15-21,24-25H2,1-4H3,(H,45,46,47)(H,48,52,54). The van der Waals surface area contributed by atoms with Crippen LogP contribution in [0.4, 0.5) is 14.6 Å². The number of amides is 3. The van der Waals surface area contributed by atoms with Crippen molar-refractivity contribution < 1.29 is 42.5 Å². The Kier molecular flexibility index (Phi) is 13.2. The van der Waals surface area contributed by atoms with Gasteiger partial charge in [0.1, 0.15) is 24.0 Å². The summed E-state index contributed by atoms with van der Waals surface area (Å²) in [6.07, 6.45) is 3.17. The van der Waals surface area contributed by atoms with Crippen molar-refractivity contribution in [3.8, 4) is 17.2 Å². The average Bonchev–Trinajstić information content (AvgIpc) is 3.21. The molecule has 0 radical (unpaired) electrons. The first-order valence-electron chi connectivity index (χ1n) is 19.2. The molecule has 0 saturated carbocycles. The van der Waals surface area contributed by atoms with Crippen molar-refractivity contribution >= 4 is 34.4 Å². The highest BCUT2D eigenvalue weighted by atomic mass is 19.3. The number of rotatable bonds is 16. The number of hydrogen-bond donors (Lipinski definition) is 3. The molecule has 3 N–H and O–H groups in total. The van der Waals surface area contributed by atoms with Crippen LogP contribution in [-0.2, 0) is 26.7 Å². The molecule has 0 bridgehead atoms. The van der Waals surface area contributed by atoms with Gasteiger partial charge in [0.2, 0.25) is 11.8 Å². The molecule has 1 aromatic heterocycles. The van der Waals surface area contributed by atoms with Gasteiger partial charge in [-0.05, 0) is 81.5 Å². The van der Waals surface area contributed by atoms with Crippen molar-refractivity contribution in [1.29, 1.82) is 0 Å². The maximum absolute atomic E-state index is 14.3. The topological polar surface area (TPSA) is 155 Å². The number of nitrogens with one attached hydrogen (secondary N) is 2. The second-order valence-electron chi connectivity index (χ2n) is 14.5. The number of anilines is 1. The number of imide groups is 1. The third kappa shape index (κ3) is 9.77. The summed E-state index contributed by atoms with van der Waals surface area (Å²) < 4.78 is 45.9. The average molecular weight is 789 g/mol. The summed E-state index contributed by atoms with van der Waals surface area (Å²) >= 11 is 0. The van der Waals surface area contributed by atoms with Crippen LogP contribution in [0, 0.1) is 6.92 Å². The number of fused-ring (bicyclic) bond motifs is 1. The van der Waals surface area contributed by atoms with Gasteiger partial charge in [-0.1, -0.05) is 30.3 Å². The zero-order chi connectivity index (χ0) is 40.7. The van der Waals surface area contributed by atoms with E-state index in [9.17, 15) is 28.3 Å². The largest absolute Gasteiger partial charge is 0.493 e. The number of unbranched alkanes of at least 4 members (excludes halogenated alkanes) is 1. The zero-order valence-corrected chi connectivity index (χ0v) is 32.8. The Morgan fingerprint density at radius 2 is 1.79 bits per heavy atom. The first kappa shape index (κ1) is 41.2. The van der Waals surface area contributed by atoms with Gasteiger partial charge in [0.05, 0.1) is 25.7 Å². The number of aliphatic hydroxyl groups is 1. The maximum atomic E-state index is 14.3. The van der Waals surface area contributed by atoms with Crippen LogP contribution in [0.3, 0.4) is 0 Å². The molecule has 2 saturated heterocycles. The molecule has 3 amide bonds. The number of nitrogens with zero attached hydrogens (tertiary/aromatic N) is 4. The number of carbonyl (C=O) groups is 3. The van der Waals surface area contributed by atoms with Crippen LogP contribution >= 0.6 is 0 Å². The molecule has 2 atom stereocenters. The van der Waals surface area contributed by atoms with Crippen LogP contribution in [0.5, 0.6) is 17.2 Å². The van der Waals surface area contributed by atoms with Crippen LogP contribution in [0.25, 0.3) is 10.9 Å². The van der Waals surface area contributed by atoms with E-state index in [0.29, 0.717) is 72.2 Å². The Balaban J connectivity index is 1.02. The summed E-state index contributed by atoms with van der Waals surface area (Å²) in [5.41, 5.74) is 2.76. The van der Waals surface area contributed by atoms with Gasteiger partial charge in [-0.2, -0.15) is 8.78 Å². The Bertz CT molecular complexity index is 2070. The summed E-state index contributed by atoms with van der Waals surface area (Å²) in [7, 11) is 3.17. The number of aliphatic hydroxyl groups excluding tert-OH is 1. The van der Waals surface area contributed by atoms with Crippen molar-refractivity contribution in [1.82, 2.24) is 25.1 Å². The highest BCUT2D eigenvalue weighted by Crippen LogP contribution is 2.40. The van der Waals surface area contributed by atoms with E-state index in [-0.39, 0.29) is 35.8 Å². The van der Waals surface area contributed by atoms with Crippen LogP contribution < -0.4 is 24.8 Å². The van der Waals surface area contributed by atoms with E-state index in [0.717, 1.165) is 49.1 Å². The van der Waals surface area contributed by atoms with Crippen LogP contribution in [0.2, 0.25) is 0 Å². The summed E-state index contributed by atoms with van der Waals surface area (Å²) in [6, 6.07) is 14.5. The van der Waals surface area contributed by atoms with Crippen molar-refractivity contribution in [3.05, 3.63) is 82.7 Å². The minimum Gasteiger partial charge on any atom is -0.493 e. The SMILES string of the molecule is COc1cc2c(NC(C)c3cccc(C(F)(F)CO)c3)nc(C)nc2c(CCCCN2CCN(C(=O)COc3ccc(C4CCC(=O)NC4=O)cc3)CC2)c1OC. The van der Waals surface area contributed by atoms with E-state index in [1.807, 2.05) is 17.9 Å². The van der Waals surface area contributed by atoms with E-state index >= 15 is 0 Å². The molecule has 6 rings (SSSR count). The smallest absolute Gasteiger partial charge is 0.295 e. The molecule has 304 valence electrons. The lowest BCUT2D eigenvalue weighted by Gasteiger charge is -2.34. The molecule has 2 aliphatic rings. The number of halogens is 2. The second kappa shape index (κ2) is 18.2. The third-order valence-corrected chi connectivity index (χ3v) is 10.7. The molecule has 13 nitrogen and oxygen atoms in total. The number of carbonyl (C=O) groups excluding carboxylic acids is 3. The van der Waals surface area contributed by atoms with Crippen LogP contribution in [-0.4, -0.2) is 103 Å². The van der Waals surface area contributed by atoms with E-state index < -0.39 is 18.6 Å². The van der Waals surface area contributed by atoms with Gasteiger partial charge >= 0.3 is 0 Å². The minimum atomic E-state index is -3.35. The van der Waals surface area contributed by atoms with Gasteiger partial charge in [0, 0.05) is 55.2 Å². The third-order valence-electron chi connectivity index (χ3n) is 10.7. The maximum Gasteiger partial charge on any atom is 0.295 e. The predicted molar refractivity (Wildman–Crippen MR) is 210 cm³/mol. The number of methoxy groups -OCH3 is 2. The summed E-state index contributed by atoms with van der Waals surface area (Å²) in [4.78, 5) is 50.3. The molecule has 2 unspecified atom stereocenters. The number of aryl methyl sites for hydroxylation is 2. The molecule has 3 heterocycles. The Morgan fingerprint density at radius 3 is 2.47 bits per heavy atom. The van der Waals surface area contributed by atoms with Crippen molar-refractivity contribution in [2.45, 2.75) is 63.8 Å². The van der Waals surface area contributed by atoms with Crippen molar-refractivity contribution in [3.63, 3.8) is 0 Å². The van der Waals surface area contributed by atoms with E-state index in [2.05, 4.69) is 20.5 Å². The van der Waals surface area contributed by atoms with E-state index in [1.165, 1.54) is 12.1 Å². The Hall–Kier alpha value is -5.41. The molecular weight excluding hydrogens is 738 g/mol. The lowest BCUT2D eigenvalue weighted by Crippen LogP contribution is -2.50. The summed E-state index contributed by atoms with van der Waals surface area (Å²) in [5.74, 6) is -1.62. The van der Waals surface area contributed by atoms with Crippen molar-refractivity contribution in [2.24, 2.45) is 0 Å².